The summed E-state index contributed by atoms with van der Waals surface area (Å²) in [5.74, 6) is 0. The average molecular weight is 358 g/mol. The molecule has 3 heteroatoms. The quantitative estimate of drug-likeness (QED) is 0.642. The molecule has 0 amide bonds. The predicted octanol–water partition coefficient (Wildman–Crippen LogP) is 5.63. The van der Waals surface area contributed by atoms with E-state index in [4.69, 9.17) is 0 Å². The van der Waals surface area contributed by atoms with Crippen LogP contribution in [0.5, 0.6) is 0 Å². The molecule has 0 aromatic heterocycles. The Balaban J connectivity index is 2.11. The van der Waals surface area contributed by atoms with E-state index >= 15 is 0 Å². The first-order valence-corrected chi connectivity index (χ1v) is 7.51. The van der Waals surface area contributed by atoms with Crippen molar-refractivity contribution < 1.29 is 0 Å². The lowest BCUT2D eigenvalue weighted by molar-refractivity contribution is 1.34. The highest BCUT2D eigenvalue weighted by Gasteiger charge is 2.02. The monoisotopic (exact) mass is 356 g/mol. The molecule has 0 N–H and O–H groups in total. The number of hydrogen-bond acceptors (Lipinski definition) is 1. The summed E-state index contributed by atoms with van der Waals surface area (Å²) in [5.41, 5.74) is 1.23. The molecule has 2 rings (SSSR count). The third-order valence-corrected chi connectivity index (χ3v) is 4.18. The molecule has 16 heavy (non-hydrogen) atoms. The molecule has 2 aromatic carbocycles. The molecule has 0 unspecified atom stereocenters. The summed E-state index contributed by atoms with van der Waals surface area (Å²) >= 11 is 8.74. The second-order valence-electron chi connectivity index (χ2n) is 3.28. The van der Waals surface area contributed by atoms with E-state index in [2.05, 4.69) is 80.4 Å². The molecule has 0 heterocycles. The minimum absolute atomic E-state index is 0.232. The van der Waals surface area contributed by atoms with E-state index in [0.29, 0.717) is 0 Å². The Labute approximate surface area is 117 Å². The van der Waals surface area contributed by atoms with Gasteiger partial charge in [0.05, 0.1) is 3.74 Å². The van der Waals surface area contributed by atoms with Crippen LogP contribution in [0.15, 0.2) is 64.4 Å². The van der Waals surface area contributed by atoms with Crippen molar-refractivity contribution in [1.29, 1.82) is 0 Å². The van der Waals surface area contributed by atoms with Crippen molar-refractivity contribution in [3.8, 4) is 0 Å². The maximum atomic E-state index is 3.48. The Morgan fingerprint density at radius 3 is 1.88 bits per heavy atom. The normalized spacial score (nSPS) is 10.7. The van der Waals surface area contributed by atoms with Gasteiger partial charge in [0.25, 0.3) is 0 Å². The van der Waals surface area contributed by atoms with Crippen molar-refractivity contribution >= 4 is 43.6 Å². The van der Waals surface area contributed by atoms with E-state index in [1.165, 1.54) is 15.4 Å². The first kappa shape index (κ1) is 12.2. The molecular formula is C13H10Br2S. The van der Waals surface area contributed by atoms with Crippen LogP contribution in [0.25, 0.3) is 0 Å². The molecule has 0 aliphatic heterocycles. The molecule has 0 aliphatic carbocycles. The number of hydrogen-bond donors (Lipinski definition) is 0. The van der Waals surface area contributed by atoms with Gasteiger partial charge in [-0.1, -0.05) is 74.0 Å². The first-order valence-electron chi connectivity index (χ1n) is 4.87. The Morgan fingerprint density at radius 2 is 1.31 bits per heavy atom. The van der Waals surface area contributed by atoms with Crippen molar-refractivity contribution in [3.05, 3.63) is 60.2 Å². The Morgan fingerprint density at radius 1 is 0.750 bits per heavy atom. The van der Waals surface area contributed by atoms with Crippen molar-refractivity contribution in [2.24, 2.45) is 0 Å². The van der Waals surface area contributed by atoms with Crippen molar-refractivity contribution in [1.82, 2.24) is 0 Å². The highest BCUT2D eigenvalue weighted by Crippen LogP contribution is 2.32. The molecule has 0 aliphatic rings. The van der Waals surface area contributed by atoms with Crippen LogP contribution < -0.4 is 0 Å². The van der Waals surface area contributed by atoms with E-state index in [1.54, 1.807) is 11.8 Å². The number of benzene rings is 2. The van der Waals surface area contributed by atoms with Crippen LogP contribution in [-0.4, -0.2) is 0 Å². The zero-order valence-electron chi connectivity index (χ0n) is 8.44. The molecule has 0 spiro atoms. The average Bonchev–Trinajstić information content (AvgIpc) is 2.31. The summed E-state index contributed by atoms with van der Waals surface area (Å²) < 4.78 is 0.232. The fraction of sp³-hybridized carbons (Fsp3) is 0.0769. The first-order chi connectivity index (χ1) is 7.75. The molecule has 0 radical (unpaired) electrons. The fourth-order valence-corrected chi connectivity index (χ4v) is 2.75. The van der Waals surface area contributed by atoms with Gasteiger partial charge in [0, 0.05) is 9.79 Å². The standard InChI is InChI=1S/C13H10Br2S/c14-13(15)10-6-8-12(9-7-10)16-11-4-2-1-3-5-11/h1-9,13H. The van der Waals surface area contributed by atoms with Gasteiger partial charge in [-0.05, 0) is 29.8 Å². The zero-order chi connectivity index (χ0) is 11.4. The van der Waals surface area contributed by atoms with Crippen LogP contribution in [0, 0.1) is 0 Å². The van der Waals surface area contributed by atoms with E-state index in [1.807, 2.05) is 6.07 Å². The van der Waals surface area contributed by atoms with Gasteiger partial charge in [-0.2, -0.15) is 0 Å². The van der Waals surface area contributed by atoms with Crippen LogP contribution in [0.2, 0.25) is 0 Å². The molecule has 2 aromatic rings. The topological polar surface area (TPSA) is 0 Å². The second kappa shape index (κ2) is 5.89. The smallest absolute Gasteiger partial charge is 0.0901 e. The number of alkyl halides is 2. The number of halogens is 2. The third kappa shape index (κ3) is 3.37. The SMILES string of the molecule is BrC(Br)c1ccc(Sc2ccccc2)cc1. The van der Waals surface area contributed by atoms with Crippen molar-refractivity contribution in [3.63, 3.8) is 0 Å². The zero-order valence-corrected chi connectivity index (χ0v) is 12.4. The van der Waals surface area contributed by atoms with Gasteiger partial charge in [-0.15, -0.1) is 0 Å². The fourth-order valence-electron chi connectivity index (χ4n) is 1.31. The van der Waals surface area contributed by atoms with Gasteiger partial charge in [0.15, 0.2) is 0 Å². The van der Waals surface area contributed by atoms with Crippen LogP contribution in [0.1, 0.15) is 9.30 Å². The van der Waals surface area contributed by atoms with E-state index in [0.717, 1.165) is 0 Å². The van der Waals surface area contributed by atoms with Crippen LogP contribution >= 0.6 is 43.6 Å². The van der Waals surface area contributed by atoms with Gasteiger partial charge in [-0.25, -0.2) is 0 Å². The van der Waals surface area contributed by atoms with Gasteiger partial charge in [0.1, 0.15) is 0 Å². The molecule has 0 fully saturated rings. The molecule has 0 bridgehead atoms. The highest BCUT2D eigenvalue weighted by molar-refractivity contribution is 9.24. The van der Waals surface area contributed by atoms with Crippen molar-refractivity contribution in [2.45, 2.75) is 13.5 Å². The molecule has 0 saturated heterocycles. The summed E-state index contributed by atoms with van der Waals surface area (Å²) in [7, 11) is 0. The summed E-state index contributed by atoms with van der Waals surface area (Å²) in [4.78, 5) is 2.53. The lowest BCUT2D eigenvalue weighted by Crippen LogP contribution is -1.80. The van der Waals surface area contributed by atoms with Crippen LogP contribution in [0.4, 0.5) is 0 Å². The Bertz CT molecular complexity index is 437. The highest BCUT2D eigenvalue weighted by atomic mass is 79.9. The van der Waals surface area contributed by atoms with E-state index in [-0.39, 0.29) is 3.74 Å². The summed E-state index contributed by atoms with van der Waals surface area (Å²) in [6.45, 7) is 0. The lowest BCUT2D eigenvalue weighted by Gasteiger charge is -2.04. The van der Waals surface area contributed by atoms with Gasteiger partial charge in [-0.3, -0.25) is 0 Å². The molecule has 82 valence electrons. The molecule has 0 atom stereocenters. The maximum Gasteiger partial charge on any atom is 0.0946 e. The van der Waals surface area contributed by atoms with Crippen LogP contribution in [0.3, 0.4) is 0 Å². The Hall–Kier alpha value is -0.250. The summed E-state index contributed by atoms with van der Waals surface area (Å²) in [6.07, 6.45) is 0. The third-order valence-electron chi connectivity index (χ3n) is 2.11. The Kier molecular flexibility index (Phi) is 4.50. The minimum atomic E-state index is 0.232. The summed E-state index contributed by atoms with van der Waals surface area (Å²) in [6, 6.07) is 18.9. The lowest BCUT2D eigenvalue weighted by atomic mass is 10.2. The predicted molar refractivity (Wildman–Crippen MR) is 77.6 cm³/mol. The molecular weight excluding hydrogens is 348 g/mol. The molecule has 0 saturated carbocycles. The second-order valence-corrected chi connectivity index (χ2v) is 7.49. The minimum Gasteiger partial charge on any atom is -0.0901 e. The number of rotatable bonds is 3. The largest absolute Gasteiger partial charge is 0.0946 e. The van der Waals surface area contributed by atoms with Gasteiger partial charge in [0.2, 0.25) is 0 Å². The van der Waals surface area contributed by atoms with E-state index < -0.39 is 0 Å². The van der Waals surface area contributed by atoms with Gasteiger partial charge >= 0.3 is 0 Å². The van der Waals surface area contributed by atoms with E-state index in [9.17, 15) is 0 Å². The molecule has 0 nitrogen and oxygen atoms in total. The van der Waals surface area contributed by atoms with Crippen LogP contribution in [-0.2, 0) is 0 Å². The van der Waals surface area contributed by atoms with Crippen molar-refractivity contribution in [2.75, 3.05) is 0 Å². The van der Waals surface area contributed by atoms with Gasteiger partial charge < -0.3 is 0 Å². The summed E-state index contributed by atoms with van der Waals surface area (Å²) in [5, 5.41) is 0. The maximum absolute atomic E-state index is 3.48.